The average molecular weight is 348 g/mol. The number of carbonyl (C=O) groups excluding carboxylic acids is 1. The minimum atomic E-state index is 0.152. The highest BCUT2D eigenvalue weighted by Crippen LogP contribution is 2.27. The van der Waals surface area contributed by atoms with E-state index in [0.717, 1.165) is 49.8 Å². The Labute approximate surface area is 154 Å². The third-order valence-electron chi connectivity index (χ3n) is 5.21. The third-order valence-corrected chi connectivity index (χ3v) is 5.21. The molecule has 1 fully saturated rings. The van der Waals surface area contributed by atoms with E-state index in [2.05, 4.69) is 46.1 Å². The molecule has 1 unspecified atom stereocenters. The van der Waals surface area contributed by atoms with Gasteiger partial charge in [-0.1, -0.05) is 42.5 Å². The topological polar surface area (TPSA) is 49.3 Å². The van der Waals surface area contributed by atoms with Gasteiger partial charge in [-0.25, -0.2) is 9.97 Å². The monoisotopic (exact) mass is 348 g/mol. The van der Waals surface area contributed by atoms with Crippen molar-refractivity contribution < 1.29 is 4.79 Å². The first-order valence-electron chi connectivity index (χ1n) is 9.25. The summed E-state index contributed by atoms with van der Waals surface area (Å²) in [4.78, 5) is 26.3. The number of allylic oxidation sites excluding steroid dienone is 1. The highest BCUT2D eigenvalue weighted by atomic mass is 16.1. The molecule has 1 aromatic carbocycles. The summed E-state index contributed by atoms with van der Waals surface area (Å²) in [5.41, 5.74) is 2.76. The van der Waals surface area contributed by atoms with Gasteiger partial charge in [0.2, 0.25) is 5.95 Å². The summed E-state index contributed by atoms with van der Waals surface area (Å²) >= 11 is 0. The van der Waals surface area contributed by atoms with Crippen LogP contribution in [0.2, 0.25) is 0 Å². The van der Waals surface area contributed by atoms with Crippen molar-refractivity contribution in [2.75, 3.05) is 38.1 Å². The first-order valence-corrected chi connectivity index (χ1v) is 9.25. The average Bonchev–Trinajstić information content (AvgIpc) is 2.67. The fraction of sp³-hybridized carbons (Fsp3) is 0.381. The van der Waals surface area contributed by atoms with E-state index in [9.17, 15) is 4.79 Å². The van der Waals surface area contributed by atoms with Crippen molar-refractivity contribution in [3.8, 4) is 0 Å². The van der Waals surface area contributed by atoms with Crippen LogP contribution in [0.1, 0.15) is 28.0 Å². The molecule has 4 rings (SSSR count). The number of benzene rings is 1. The molecule has 1 atom stereocenters. The van der Waals surface area contributed by atoms with E-state index >= 15 is 0 Å². The first kappa shape index (κ1) is 16.9. The van der Waals surface area contributed by atoms with Crippen molar-refractivity contribution in [3.63, 3.8) is 0 Å². The number of piperazine rings is 1. The van der Waals surface area contributed by atoms with Crippen LogP contribution in [0.15, 0.2) is 42.6 Å². The van der Waals surface area contributed by atoms with Gasteiger partial charge in [0, 0.05) is 38.8 Å². The van der Waals surface area contributed by atoms with Gasteiger partial charge >= 0.3 is 0 Å². The number of aromatic nitrogens is 2. The normalized spacial score (nSPS) is 21.2. The van der Waals surface area contributed by atoms with Gasteiger partial charge in [-0.05, 0) is 24.9 Å². The Balaban J connectivity index is 1.52. The van der Waals surface area contributed by atoms with Gasteiger partial charge in [-0.3, -0.25) is 4.79 Å². The number of carbonyl (C=O) groups is 1. The van der Waals surface area contributed by atoms with E-state index in [-0.39, 0.29) is 11.7 Å². The second-order valence-electron chi connectivity index (χ2n) is 7.18. The summed E-state index contributed by atoms with van der Waals surface area (Å²) in [6.07, 6.45) is 7.32. The zero-order valence-corrected chi connectivity index (χ0v) is 15.1. The Bertz CT molecular complexity index is 810. The first-order chi connectivity index (χ1) is 12.7. The highest BCUT2D eigenvalue weighted by Gasteiger charge is 2.27. The van der Waals surface area contributed by atoms with Crippen LogP contribution in [-0.4, -0.2) is 53.9 Å². The fourth-order valence-electron chi connectivity index (χ4n) is 3.57. The summed E-state index contributed by atoms with van der Waals surface area (Å²) < 4.78 is 0. The Morgan fingerprint density at radius 3 is 2.62 bits per heavy atom. The Morgan fingerprint density at radius 1 is 1.08 bits per heavy atom. The van der Waals surface area contributed by atoms with Crippen LogP contribution in [0.3, 0.4) is 0 Å². The molecule has 1 aliphatic carbocycles. The molecule has 0 saturated carbocycles. The maximum Gasteiger partial charge on any atom is 0.225 e. The highest BCUT2D eigenvalue weighted by molar-refractivity contribution is 5.98. The third kappa shape index (κ3) is 3.68. The molecule has 5 heteroatoms. The van der Waals surface area contributed by atoms with Gasteiger partial charge < -0.3 is 9.80 Å². The van der Waals surface area contributed by atoms with Crippen LogP contribution in [0.4, 0.5) is 5.95 Å². The lowest BCUT2D eigenvalue weighted by Crippen LogP contribution is -2.45. The molecular formula is C21H24N4O. The molecule has 0 bridgehead atoms. The zero-order chi connectivity index (χ0) is 17.9. The fourth-order valence-corrected chi connectivity index (χ4v) is 3.57. The van der Waals surface area contributed by atoms with Crippen LogP contribution >= 0.6 is 0 Å². The quantitative estimate of drug-likeness (QED) is 0.854. The number of hydrogen-bond acceptors (Lipinski definition) is 5. The Hall–Kier alpha value is -2.53. The van der Waals surface area contributed by atoms with E-state index < -0.39 is 0 Å². The maximum absolute atomic E-state index is 12.5. The van der Waals surface area contributed by atoms with Crippen LogP contribution in [0, 0.1) is 5.92 Å². The number of nitrogens with zero attached hydrogens (tertiary/aromatic N) is 4. The van der Waals surface area contributed by atoms with Crippen molar-refractivity contribution in [3.05, 3.63) is 59.4 Å². The number of anilines is 1. The van der Waals surface area contributed by atoms with Crippen molar-refractivity contribution >= 4 is 17.8 Å². The van der Waals surface area contributed by atoms with Gasteiger partial charge in [-0.15, -0.1) is 0 Å². The second kappa shape index (κ2) is 7.38. The van der Waals surface area contributed by atoms with Crippen LogP contribution in [0.5, 0.6) is 0 Å². The van der Waals surface area contributed by atoms with Gasteiger partial charge in [0.1, 0.15) is 0 Å². The molecule has 0 amide bonds. The molecule has 0 N–H and O–H groups in total. The summed E-state index contributed by atoms with van der Waals surface area (Å²) in [6.45, 7) is 3.89. The number of rotatable bonds is 3. The number of Topliss-reactive ketones (excluding diaryl/α,β-unsaturated/α-hetero) is 1. The minimum Gasteiger partial charge on any atom is -0.338 e. The smallest absolute Gasteiger partial charge is 0.225 e. The van der Waals surface area contributed by atoms with Crippen molar-refractivity contribution in [2.45, 2.75) is 12.8 Å². The summed E-state index contributed by atoms with van der Waals surface area (Å²) in [5.74, 6) is 1.11. The molecule has 134 valence electrons. The van der Waals surface area contributed by atoms with E-state index in [4.69, 9.17) is 4.98 Å². The number of ketones is 1. The van der Waals surface area contributed by atoms with E-state index in [0.29, 0.717) is 12.0 Å². The summed E-state index contributed by atoms with van der Waals surface area (Å²) in [6, 6.07) is 10.2. The number of hydrogen-bond donors (Lipinski definition) is 0. The zero-order valence-electron chi connectivity index (χ0n) is 15.1. The Kier molecular flexibility index (Phi) is 4.80. The van der Waals surface area contributed by atoms with Crippen LogP contribution < -0.4 is 4.90 Å². The van der Waals surface area contributed by atoms with E-state index in [1.807, 2.05) is 18.2 Å². The molecule has 2 aromatic rings. The number of likely N-dealkylation sites (N-methyl/N-ethyl adjacent to an activating group) is 1. The summed E-state index contributed by atoms with van der Waals surface area (Å²) in [5, 5.41) is 0. The van der Waals surface area contributed by atoms with Crippen molar-refractivity contribution in [1.82, 2.24) is 14.9 Å². The molecule has 1 saturated heterocycles. The molecule has 1 aliphatic heterocycles. The van der Waals surface area contributed by atoms with Crippen LogP contribution in [0.25, 0.3) is 6.08 Å². The van der Waals surface area contributed by atoms with Crippen molar-refractivity contribution in [1.29, 1.82) is 0 Å². The molecule has 0 radical (unpaired) electrons. The molecule has 26 heavy (non-hydrogen) atoms. The molecule has 2 aliphatic rings. The molecular weight excluding hydrogens is 324 g/mol. The minimum absolute atomic E-state index is 0.152. The van der Waals surface area contributed by atoms with E-state index in [1.165, 1.54) is 0 Å². The lowest BCUT2D eigenvalue weighted by Gasteiger charge is -2.33. The predicted octanol–water partition coefficient (Wildman–Crippen LogP) is 2.69. The summed E-state index contributed by atoms with van der Waals surface area (Å²) in [7, 11) is 2.13. The van der Waals surface area contributed by atoms with Crippen molar-refractivity contribution in [2.24, 2.45) is 5.92 Å². The predicted molar refractivity (Wildman–Crippen MR) is 103 cm³/mol. The lowest BCUT2D eigenvalue weighted by molar-refractivity contribution is 0.0957. The molecule has 0 spiro atoms. The number of fused-ring (bicyclic) bond motifs is 1. The van der Waals surface area contributed by atoms with E-state index in [1.54, 1.807) is 6.20 Å². The van der Waals surface area contributed by atoms with Gasteiger partial charge in [-0.2, -0.15) is 0 Å². The molecule has 5 nitrogen and oxygen atoms in total. The van der Waals surface area contributed by atoms with Crippen LogP contribution in [-0.2, 0) is 6.42 Å². The molecule has 1 aromatic heterocycles. The standard InChI is InChI=1S/C21H24N4O/c1-24-9-11-25(12-10-24)21-22-15-18-19(23-21)13-17(14-20(18)26)8-7-16-5-3-2-4-6-16/h2-8,15,17H,9-14H2,1H3. The largest absolute Gasteiger partial charge is 0.338 e. The van der Waals surface area contributed by atoms with Gasteiger partial charge in [0.25, 0.3) is 0 Å². The van der Waals surface area contributed by atoms with Gasteiger partial charge in [0.15, 0.2) is 5.78 Å². The van der Waals surface area contributed by atoms with Gasteiger partial charge in [0.05, 0.1) is 11.3 Å². The second-order valence-corrected chi connectivity index (χ2v) is 7.18. The SMILES string of the molecule is CN1CCN(c2ncc3c(n2)CC(C=Cc2ccccc2)CC3=O)CC1. The lowest BCUT2D eigenvalue weighted by atomic mass is 9.86. The maximum atomic E-state index is 12.5. The Morgan fingerprint density at radius 2 is 1.85 bits per heavy atom. The molecule has 2 heterocycles.